The van der Waals surface area contributed by atoms with Gasteiger partial charge in [0.2, 0.25) is 11.8 Å². The van der Waals surface area contributed by atoms with Crippen molar-refractivity contribution in [2.75, 3.05) is 5.32 Å². The molecule has 8 heteroatoms. The van der Waals surface area contributed by atoms with Crippen LogP contribution in [0.5, 0.6) is 0 Å². The van der Waals surface area contributed by atoms with Gasteiger partial charge in [-0.1, -0.05) is 43.7 Å². The van der Waals surface area contributed by atoms with Gasteiger partial charge in [0, 0.05) is 22.8 Å². The molecule has 4 rings (SSSR count). The van der Waals surface area contributed by atoms with E-state index in [9.17, 15) is 14.4 Å². The van der Waals surface area contributed by atoms with Crippen LogP contribution in [0.3, 0.4) is 0 Å². The zero-order valence-corrected chi connectivity index (χ0v) is 18.5. The summed E-state index contributed by atoms with van der Waals surface area (Å²) in [5.41, 5.74) is 0.611. The highest BCUT2D eigenvalue weighted by Gasteiger charge is 2.46. The molecule has 168 valence electrons. The summed E-state index contributed by atoms with van der Waals surface area (Å²) in [5, 5.41) is 9.63. The number of rotatable bonds is 4. The molecule has 7 nitrogen and oxygen atoms in total. The van der Waals surface area contributed by atoms with E-state index >= 15 is 0 Å². The van der Waals surface area contributed by atoms with Crippen molar-refractivity contribution in [3.63, 3.8) is 0 Å². The maximum atomic E-state index is 13.3. The number of carbonyl (C=O) groups excluding carboxylic acids is 3. The minimum Gasteiger partial charge on any atom is -0.349 e. The van der Waals surface area contributed by atoms with Crippen molar-refractivity contribution in [1.29, 1.82) is 0 Å². The predicted octanol–water partition coefficient (Wildman–Crippen LogP) is 3.82. The first-order chi connectivity index (χ1) is 15.0. The van der Waals surface area contributed by atoms with E-state index in [-0.39, 0.29) is 42.4 Å². The molecule has 0 unspecified atom stereocenters. The number of fused-ring (bicyclic) bond motifs is 1. The predicted molar refractivity (Wildman–Crippen MR) is 120 cm³/mol. The van der Waals surface area contributed by atoms with E-state index in [1.807, 2.05) is 0 Å². The van der Waals surface area contributed by atoms with Gasteiger partial charge in [0.15, 0.2) is 0 Å². The van der Waals surface area contributed by atoms with Gasteiger partial charge in [-0.3, -0.25) is 9.59 Å². The van der Waals surface area contributed by atoms with Gasteiger partial charge >= 0.3 is 6.03 Å². The fourth-order valence-electron chi connectivity index (χ4n) is 5.15. The first-order valence-electron chi connectivity index (χ1n) is 11.5. The summed E-state index contributed by atoms with van der Waals surface area (Å²) in [4.78, 5) is 40.7. The molecule has 2 aliphatic carbocycles. The van der Waals surface area contributed by atoms with E-state index in [1.54, 1.807) is 29.2 Å². The van der Waals surface area contributed by atoms with Crippen molar-refractivity contribution in [2.24, 2.45) is 0 Å². The molecule has 0 radical (unpaired) electrons. The number of piperazine rings is 1. The second-order valence-corrected chi connectivity index (χ2v) is 9.37. The maximum absolute atomic E-state index is 13.3. The normalized spacial score (nSPS) is 26.5. The van der Waals surface area contributed by atoms with Gasteiger partial charge in [0.05, 0.1) is 12.5 Å². The molecular formula is C23H31ClN4O3. The SMILES string of the molecule is O=C(C[C@@H]1C(=O)N[C@@H]2CCCC[C@H]2N1C(=O)NC1CCCCC1)Nc1ccc(Cl)cc1. The lowest BCUT2D eigenvalue weighted by Crippen LogP contribution is -2.69. The average Bonchev–Trinajstić information content (AvgIpc) is 2.76. The van der Waals surface area contributed by atoms with Crippen LogP contribution in [0.2, 0.25) is 5.02 Å². The molecular weight excluding hydrogens is 416 g/mol. The van der Waals surface area contributed by atoms with E-state index in [0.717, 1.165) is 51.4 Å². The molecule has 0 aromatic heterocycles. The van der Waals surface area contributed by atoms with Crippen LogP contribution in [0.4, 0.5) is 10.5 Å². The Balaban J connectivity index is 1.49. The van der Waals surface area contributed by atoms with Crippen molar-refractivity contribution in [1.82, 2.24) is 15.5 Å². The van der Waals surface area contributed by atoms with Crippen molar-refractivity contribution < 1.29 is 14.4 Å². The Morgan fingerprint density at radius 3 is 2.42 bits per heavy atom. The summed E-state index contributed by atoms with van der Waals surface area (Å²) in [6.07, 6.45) is 9.09. The highest BCUT2D eigenvalue weighted by atomic mass is 35.5. The number of carbonyl (C=O) groups is 3. The summed E-state index contributed by atoms with van der Waals surface area (Å²) >= 11 is 5.91. The number of anilines is 1. The third-order valence-electron chi connectivity index (χ3n) is 6.73. The quantitative estimate of drug-likeness (QED) is 0.656. The Labute approximate surface area is 188 Å². The summed E-state index contributed by atoms with van der Waals surface area (Å²) in [6.45, 7) is 0. The summed E-state index contributed by atoms with van der Waals surface area (Å²) in [6, 6.07) is 5.85. The lowest BCUT2D eigenvalue weighted by atomic mass is 9.85. The molecule has 3 aliphatic rings. The largest absolute Gasteiger partial charge is 0.349 e. The van der Waals surface area contributed by atoms with Gasteiger partial charge in [0.25, 0.3) is 0 Å². The van der Waals surface area contributed by atoms with Crippen molar-refractivity contribution >= 4 is 35.1 Å². The number of hydrogen-bond donors (Lipinski definition) is 3. The molecule has 31 heavy (non-hydrogen) atoms. The Morgan fingerprint density at radius 2 is 1.68 bits per heavy atom. The fourth-order valence-corrected chi connectivity index (χ4v) is 5.28. The van der Waals surface area contributed by atoms with E-state index in [2.05, 4.69) is 16.0 Å². The van der Waals surface area contributed by atoms with Crippen LogP contribution in [0, 0.1) is 0 Å². The molecule has 1 saturated heterocycles. The van der Waals surface area contributed by atoms with E-state index in [0.29, 0.717) is 10.7 Å². The molecule has 3 N–H and O–H groups in total. The van der Waals surface area contributed by atoms with Crippen LogP contribution in [0.25, 0.3) is 0 Å². The minimum atomic E-state index is -0.810. The standard InChI is InChI=1S/C23H31ClN4O3/c24-15-10-12-17(13-11-15)25-21(29)14-20-22(30)27-18-8-4-5-9-19(18)28(20)23(31)26-16-6-2-1-3-7-16/h10-13,16,18-20H,1-9,14H2,(H,25,29)(H,26,31)(H,27,30)/t18-,19-,20-/m1/s1. The zero-order valence-electron chi connectivity index (χ0n) is 17.7. The van der Waals surface area contributed by atoms with Crippen LogP contribution < -0.4 is 16.0 Å². The van der Waals surface area contributed by atoms with Gasteiger partial charge in [-0.2, -0.15) is 0 Å². The average molecular weight is 447 g/mol. The molecule has 1 heterocycles. The smallest absolute Gasteiger partial charge is 0.318 e. The fraction of sp³-hybridized carbons (Fsp3) is 0.609. The number of benzene rings is 1. The summed E-state index contributed by atoms with van der Waals surface area (Å²) in [7, 11) is 0. The molecule has 0 bridgehead atoms. The molecule has 4 amide bonds. The van der Waals surface area contributed by atoms with E-state index < -0.39 is 6.04 Å². The zero-order chi connectivity index (χ0) is 21.8. The lowest BCUT2D eigenvalue weighted by Gasteiger charge is -2.48. The molecule has 0 spiro atoms. The van der Waals surface area contributed by atoms with Crippen molar-refractivity contribution in [3.05, 3.63) is 29.3 Å². The molecule has 1 aliphatic heterocycles. The number of nitrogens with one attached hydrogen (secondary N) is 3. The molecule has 3 fully saturated rings. The lowest BCUT2D eigenvalue weighted by molar-refractivity contribution is -0.135. The third kappa shape index (κ3) is 5.32. The number of urea groups is 1. The van der Waals surface area contributed by atoms with Crippen LogP contribution in [-0.2, 0) is 9.59 Å². The van der Waals surface area contributed by atoms with Crippen LogP contribution in [-0.4, -0.2) is 46.9 Å². The molecule has 3 atom stereocenters. The van der Waals surface area contributed by atoms with Gasteiger partial charge < -0.3 is 20.9 Å². The van der Waals surface area contributed by atoms with Crippen molar-refractivity contribution in [2.45, 2.75) is 88.4 Å². The number of hydrogen-bond acceptors (Lipinski definition) is 3. The molecule has 1 aromatic carbocycles. The van der Waals surface area contributed by atoms with Gasteiger partial charge in [-0.05, 0) is 49.9 Å². The van der Waals surface area contributed by atoms with E-state index in [1.165, 1.54) is 6.42 Å². The van der Waals surface area contributed by atoms with Gasteiger partial charge in [-0.25, -0.2) is 4.79 Å². The Bertz CT molecular complexity index is 810. The molecule has 2 saturated carbocycles. The number of amides is 4. The second kappa shape index (κ2) is 9.90. The Kier molecular flexibility index (Phi) is 7.00. The van der Waals surface area contributed by atoms with Crippen LogP contribution >= 0.6 is 11.6 Å². The Hall–Kier alpha value is -2.28. The monoisotopic (exact) mass is 446 g/mol. The molecule has 1 aromatic rings. The first kappa shape index (κ1) is 21.9. The van der Waals surface area contributed by atoms with Gasteiger partial charge in [0.1, 0.15) is 6.04 Å². The summed E-state index contributed by atoms with van der Waals surface area (Å²) < 4.78 is 0. The highest BCUT2D eigenvalue weighted by molar-refractivity contribution is 6.30. The van der Waals surface area contributed by atoms with Crippen molar-refractivity contribution in [3.8, 4) is 0 Å². The van der Waals surface area contributed by atoms with Crippen LogP contribution in [0.15, 0.2) is 24.3 Å². The maximum Gasteiger partial charge on any atom is 0.318 e. The second-order valence-electron chi connectivity index (χ2n) is 8.93. The van der Waals surface area contributed by atoms with Gasteiger partial charge in [-0.15, -0.1) is 0 Å². The number of halogens is 1. The van der Waals surface area contributed by atoms with E-state index in [4.69, 9.17) is 11.6 Å². The third-order valence-corrected chi connectivity index (χ3v) is 6.98. The topological polar surface area (TPSA) is 90.5 Å². The Morgan fingerprint density at radius 1 is 1.00 bits per heavy atom. The summed E-state index contributed by atoms with van der Waals surface area (Å²) in [5.74, 6) is -0.541. The first-order valence-corrected chi connectivity index (χ1v) is 11.8. The number of nitrogens with zero attached hydrogens (tertiary/aromatic N) is 1. The highest BCUT2D eigenvalue weighted by Crippen LogP contribution is 2.30. The minimum absolute atomic E-state index is 0.0334. The van der Waals surface area contributed by atoms with Crippen LogP contribution in [0.1, 0.15) is 64.2 Å².